The van der Waals surface area contributed by atoms with Crippen LogP contribution in [-0.2, 0) is 18.3 Å². The third-order valence-corrected chi connectivity index (χ3v) is 5.03. The van der Waals surface area contributed by atoms with Crippen molar-refractivity contribution < 1.29 is 0 Å². The Bertz CT molecular complexity index is 600. The Kier molecular flexibility index (Phi) is 8.49. The van der Waals surface area contributed by atoms with Gasteiger partial charge in [-0.1, -0.05) is 26.8 Å². The number of guanidine groups is 1. The van der Waals surface area contributed by atoms with Gasteiger partial charge in [-0.3, -0.25) is 4.99 Å². The van der Waals surface area contributed by atoms with Crippen LogP contribution in [0, 0.1) is 0 Å². The molecule has 0 aliphatic heterocycles. The SMILES string of the molecule is CC(C)(C)c1csc(CCN=C(N)NCCc2cccs2)n1.I. The van der Waals surface area contributed by atoms with Gasteiger partial charge in [0.1, 0.15) is 0 Å². The lowest BCUT2D eigenvalue weighted by molar-refractivity contribution is 0.571. The second kappa shape index (κ2) is 9.58. The molecule has 3 N–H and O–H groups in total. The fourth-order valence-corrected chi connectivity index (χ4v) is 3.59. The van der Waals surface area contributed by atoms with Gasteiger partial charge >= 0.3 is 0 Å². The largest absolute Gasteiger partial charge is 0.370 e. The van der Waals surface area contributed by atoms with Crippen LogP contribution in [0.25, 0.3) is 0 Å². The molecule has 7 heteroatoms. The normalized spacial score (nSPS) is 12.0. The molecule has 0 aliphatic carbocycles. The van der Waals surface area contributed by atoms with E-state index in [1.807, 2.05) is 0 Å². The molecule has 4 nitrogen and oxygen atoms in total. The summed E-state index contributed by atoms with van der Waals surface area (Å²) in [6, 6.07) is 4.20. The molecule has 0 spiro atoms. The number of thiophene rings is 1. The van der Waals surface area contributed by atoms with Gasteiger partial charge in [0.2, 0.25) is 0 Å². The highest BCUT2D eigenvalue weighted by Crippen LogP contribution is 2.23. The summed E-state index contributed by atoms with van der Waals surface area (Å²) in [6.45, 7) is 8.04. The Balaban J connectivity index is 0.00000264. The molecule has 23 heavy (non-hydrogen) atoms. The summed E-state index contributed by atoms with van der Waals surface area (Å²) in [7, 11) is 0. The highest BCUT2D eigenvalue weighted by Gasteiger charge is 2.17. The molecular weight excluding hydrogens is 439 g/mol. The highest BCUT2D eigenvalue weighted by molar-refractivity contribution is 14.0. The van der Waals surface area contributed by atoms with Crippen LogP contribution in [0.4, 0.5) is 0 Å². The van der Waals surface area contributed by atoms with Crippen molar-refractivity contribution in [1.29, 1.82) is 0 Å². The zero-order valence-electron chi connectivity index (χ0n) is 13.8. The summed E-state index contributed by atoms with van der Waals surface area (Å²) in [5.41, 5.74) is 7.14. The van der Waals surface area contributed by atoms with Gasteiger partial charge in [0.25, 0.3) is 0 Å². The van der Waals surface area contributed by atoms with Gasteiger partial charge in [-0.25, -0.2) is 4.98 Å². The minimum absolute atomic E-state index is 0. The van der Waals surface area contributed by atoms with Gasteiger partial charge in [-0.15, -0.1) is 46.7 Å². The number of nitrogens with one attached hydrogen (secondary N) is 1. The first-order valence-corrected chi connectivity index (χ1v) is 9.22. The number of halogens is 1. The van der Waals surface area contributed by atoms with Gasteiger partial charge in [-0.2, -0.15) is 0 Å². The molecule has 0 bridgehead atoms. The van der Waals surface area contributed by atoms with Crippen molar-refractivity contribution in [1.82, 2.24) is 10.3 Å². The third-order valence-electron chi connectivity index (χ3n) is 3.19. The summed E-state index contributed by atoms with van der Waals surface area (Å²) in [4.78, 5) is 10.4. The van der Waals surface area contributed by atoms with E-state index < -0.39 is 0 Å². The van der Waals surface area contributed by atoms with E-state index in [2.05, 4.69) is 59.0 Å². The second-order valence-corrected chi connectivity index (χ2v) is 8.12. The molecule has 0 fully saturated rings. The number of nitrogens with zero attached hydrogens (tertiary/aromatic N) is 2. The lowest BCUT2D eigenvalue weighted by Gasteiger charge is -2.14. The highest BCUT2D eigenvalue weighted by atomic mass is 127. The minimum atomic E-state index is 0. The van der Waals surface area contributed by atoms with E-state index in [9.17, 15) is 0 Å². The molecule has 128 valence electrons. The number of hydrogen-bond donors (Lipinski definition) is 2. The van der Waals surface area contributed by atoms with E-state index in [0.29, 0.717) is 12.5 Å². The van der Waals surface area contributed by atoms with Crippen LogP contribution >= 0.6 is 46.7 Å². The third kappa shape index (κ3) is 7.17. The number of rotatable bonds is 6. The first kappa shape index (κ1) is 20.4. The van der Waals surface area contributed by atoms with E-state index in [4.69, 9.17) is 5.73 Å². The van der Waals surface area contributed by atoms with E-state index in [1.54, 1.807) is 22.7 Å². The van der Waals surface area contributed by atoms with Crippen LogP contribution in [0.1, 0.15) is 36.3 Å². The molecule has 0 radical (unpaired) electrons. The molecule has 0 atom stereocenters. The van der Waals surface area contributed by atoms with Gasteiger partial charge in [-0.05, 0) is 17.9 Å². The molecule has 0 unspecified atom stereocenters. The molecule has 2 aromatic rings. The number of aromatic nitrogens is 1. The lowest BCUT2D eigenvalue weighted by Crippen LogP contribution is -2.33. The van der Waals surface area contributed by atoms with Crippen molar-refractivity contribution in [2.24, 2.45) is 10.7 Å². The maximum Gasteiger partial charge on any atom is 0.188 e. The maximum absolute atomic E-state index is 5.88. The number of aliphatic imine (C=N–C) groups is 1. The molecule has 0 amide bonds. The quantitative estimate of drug-likeness (QED) is 0.388. The monoisotopic (exact) mass is 464 g/mol. The van der Waals surface area contributed by atoms with Gasteiger partial charge in [0.15, 0.2) is 5.96 Å². The molecule has 2 heterocycles. The Morgan fingerprint density at radius 2 is 2.09 bits per heavy atom. The van der Waals surface area contributed by atoms with Crippen LogP contribution in [0.2, 0.25) is 0 Å². The van der Waals surface area contributed by atoms with Crippen LogP contribution in [0.3, 0.4) is 0 Å². The molecular formula is C16H25IN4S2. The van der Waals surface area contributed by atoms with Crippen LogP contribution in [0.15, 0.2) is 27.9 Å². The summed E-state index contributed by atoms with van der Waals surface area (Å²) >= 11 is 3.47. The van der Waals surface area contributed by atoms with Crippen molar-refractivity contribution in [2.75, 3.05) is 13.1 Å². The molecule has 0 aromatic carbocycles. The molecule has 2 rings (SSSR count). The Morgan fingerprint density at radius 3 is 2.70 bits per heavy atom. The summed E-state index contributed by atoms with van der Waals surface area (Å²) in [6.07, 6.45) is 1.82. The zero-order valence-corrected chi connectivity index (χ0v) is 17.8. The first-order valence-electron chi connectivity index (χ1n) is 7.46. The number of nitrogens with two attached hydrogens (primary N) is 1. The smallest absolute Gasteiger partial charge is 0.188 e. The Labute approximate surface area is 163 Å². The van der Waals surface area contributed by atoms with Crippen LogP contribution in [-0.4, -0.2) is 24.0 Å². The predicted molar refractivity (Wildman–Crippen MR) is 112 cm³/mol. The van der Waals surface area contributed by atoms with Crippen LogP contribution in [0.5, 0.6) is 0 Å². The molecule has 0 saturated carbocycles. The fourth-order valence-electron chi connectivity index (χ4n) is 1.87. The molecule has 2 aromatic heterocycles. The average Bonchev–Trinajstić information content (AvgIpc) is 3.09. The van der Waals surface area contributed by atoms with Crippen molar-refractivity contribution in [3.63, 3.8) is 0 Å². The second-order valence-electron chi connectivity index (χ2n) is 6.15. The van der Waals surface area contributed by atoms with Gasteiger partial charge in [0, 0.05) is 35.2 Å². The average molecular weight is 464 g/mol. The molecule has 0 aliphatic rings. The summed E-state index contributed by atoms with van der Waals surface area (Å²) < 4.78 is 0. The minimum Gasteiger partial charge on any atom is -0.370 e. The maximum atomic E-state index is 5.88. The van der Waals surface area contributed by atoms with Crippen molar-refractivity contribution >= 4 is 52.6 Å². The first-order chi connectivity index (χ1) is 10.4. The van der Waals surface area contributed by atoms with E-state index in [1.165, 1.54) is 4.88 Å². The lowest BCUT2D eigenvalue weighted by atomic mass is 9.93. The standard InChI is InChI=1S/C16H24N4S2.HI/c1-16(2,3)13-11-22-14(20-13)7-9-19-15(17)18-8-6-12-5-4-10-21-12;/h4-5,10-11H,6-9H2,1-3H3,(H3,17,18,19);1H. The van der Waals surface area contributed by atoms with Crippen LogP contribution < -0.4 is 11.1 Å². The number of hydrogen-bond acceptors (Lipinski definition) is 4. The van der Waals surface area contributed by atoms with Crippen molar-refractivity contribution in [3.8, 4) is 0 Å². The van der Waals surface area contributed by atoms with Gasteiger partial charge in [0.05, 0.1) is 10.7 Å². The zero-order chi connectivity index (χ0) is 16.0. The fraction of sp³-hybridized carbons (Fsp3) is 0.500. The summed E-state index contributed by atoms with van der Waals surface area (Å²) in [5, 5.41) is 8.51. The topological polar surface area (TPSA) is 63.3 Å². The van der Waals surface area contributed by atoms with Crippen molar-refractivity contribution in [2.45, 2.75) is 39.0 Å². The Hall–Kier alpha value is -0.670. The predicted octanol–water partition coefficient (Wildman–Crippen LogP) is 3.81. The Morgan fingerprint density at radius 1 is 1.30 bits per heavy atom. The van der Waals surface area contributed by atoms with Crippen molar-refractivity contribution in [3.05, 3.63) is 38.5 Å². The molecule has 0 saturated heterocycles. The van der Waals surface area contributed by atoms with E-state index in [0.717, 1.165) is 30.1 Å². The van der Waals surface area contributed by atoms with E-state index >= 15 is 0 Å². The van der Waals surface area contributed by atoms with E-state index in [-0.39, 0.29) is 29.4 Å². The van der Waals surface area contributed by atoms with Gasteiger partial charge < -0.3 is 11.1 Å². The summed E-state index contributed by atoms with van der Waals surface area (Å²) in [5.74, 6) is 0.518. The number of thiazole rings is 1.